The minimum Gasteiger partial charge on any atom is -0.494 e. The Hall–Kier alpha value is -2.24. The number of carboxylic acids is 1. The van der Waals surface area contributed by atoms with E-state index in [0.29, 0.717) is 19.6 Å². The Balaban J connectivity index is 2.33. The Morgan fingerprint density at radius 2 is 2.14 bits per heavy atom. The van der Waals surface area contributed by atoms with Crippen molar-refractivity contribution in [1.82, 2.24) is 10.2 Å². The normalized spacial score (nSPS) is 10.0. The van der Waals surface area contributed by atoms with E-state index in [2.05, 4.69) is 5.32 Å². The van der Waals surface area contributed by atoms with Crippen molar-refractivity contribution in [3.8, 4) is 5.75 Å². The standard InChI is InChI=1S/C15H22N2O4/c1-3-21-13-6-4-5-12(11-13)7-9-16-15(20)17(2)10-8-14(18)19/h4-6,11H,3,7-10H2,1-2H3,(H,16,20)(H,18,19). The van der Waals surface area contributed by atoms with Crippen LogP contribution < -0.4 is 10.1 Å². The molecule has 0 spiro atoms. The van der Waals surface area contributed by atoms with E-state index in [1.54, 1.807) is 7.05 Å². The number of carboxylic acid groups (broad SMARTS) is 1. The second-order valence-electron chi connectivity index (χ2n) is 4.63. The number of benzene rings is 1. The molecule has 2 N–H and O–H groups in total. The summed E-state index contributed by atoms with van der Waals surface area (Å²) in [6, 6.07) is 7.47. The van der Waals surface area contributed by atoms with Crippen LogP contribution in [0.25, 0.3) is 0 Å². The number of carbonyl (C=O) groups excluding carboxylic acids is 1. The maximum atomic E-state index is 11.7. The Morgan fingerprint density at radius 3 is 2.81 bits per heavy atom. The van der Waals surface area contributed by atoms with Gasteiger partial charge >= 0.3 is 12.0 Å². The van der Waals surface area contributed by atoms with Gasteiger partial charge < -0.3 is 20.1 Å². The third kappa shape index (κ3) is 6.65. The summed E-state index contributed by atoms with van der Waals surface area (Å²) < 4.78 is 5.42. The first-order valence-electron chi connectivity index (χ1n) is 6.95. The maximum absolute atomic E-state index is 11.7. The molecule has 0 atom stereocenters. The van der Waals surface area contributed by atoms with Crippen molar-refractivity contribution >= 4 is 12.0 Å². The van der Waals surface area contributed by atoms with E-state index in [9.17, 15) is 9.59 Å². The van der Waals surface area contributed by atoms with E-state index < -0.39 is 5.97 Å². The number of aliphatic carboxylic acids is 1. The van der Waals surface area contributed by atoms with Crippen LogP contribution in [-0.4, -0.2) is 48.8 Å². The van der Waals surface area contributed by atoms with E-state index >= 15 is 0 Å². The van der Waals surface area contributed by atoms with Crippen molar-refractivity contribution in [3.05, 3.63) is 29.8 Å². The molecular weight excluding hydrogens is 272 g/mol. The number of urea groups is 1. The van der Waals surface area contributed by atoms with Gasteiger partial charge in [-0.1, -0.05) is 12.1 Å². The summed E-state index contributed by atoms with van der Waals surface area (Å²) in [5.74, 6) is -0.0951. The molecule has 1 aromatic carbocycles. The summed E-state index contributed by atoms with van der Waals surface area (Å²) in [6.07, 6.45) is 0.639. The molecule has 0 bridgehead atoms. The first-order chi connectivity index (χ1) is 10.0. The highest BCUT2D eigenvalue weighted by molar-refractivity contribution is 5.74. The lowest BCUT2D eigenvalue weighted by molar-refractivity contribution is -0.137. The zero-order valence-electron chi connectivity index (χ0n) is 12.5. The molecule has 0 fully saturated rings. The molecule has 0 aliphatic carbocycles. The minimum absolute atomic E-state index is 0.0552. The molecule has 6 heteroatoms. The Kier molecular flexibility index (Phi) is 7.08. The number of nitrogens with one attached hydrogen (secondary N) is 1. The molecule has 0 aliphatic rings. The monoisotopic (exact) mass is 294 g/mol. The average molecular weight is 294 g/mol. The molecule has 2 amide bonds. The van der Waals surface area contributed by atoms with Crippen LogP contribution in [0.2, 0.25) is 0 Å². The van der Waals surface area contributed by atoms with Gasteiger partial charge in [0.15, 0.2) is 0 Å². The number of rotatable bonds is 8. The third-order valence-electron chi connectivity index (χ3n) is 2.91. The van der Waals surface area contributed by atoms with Crippen molar-refractivity contribution in [2.75, 3.05) is 26.7 Å². The molecule has 0 radical (unpaired) electrons. The highest BCUT2D eigenvalue weighted by atomic mass is 16.5. The summed E-state index contributed by atoms with van der Waals surface area (Å²) >= 11 is 0. The van der Waals surface area contributed by atoms with Crippen molar-refractivity contribution in [2.24, 2.45) is 0 Å². The fourth-order valence-corrected chi connectivity index (χ4v) is 1.77. The predicted octanol–water partition coefficient (Wildman–Crippen LogP) is 1.74. The maximum Gasteiger partial charge on any atom is 0.317 e. The smallest absolute Gasteiger partial charge is 0.317 e. The molecule has 0 aromatic heterocycles. The van der Waals surface area contributed by atoms with Gasteiger partial charge in [0, 0.05) is 20.1 Å². The number of hydrogen-bond donors (Lipinski definition) is 2. The minimum atomic E-state index is -0.914. The van der Waals surface area contributed by atoms with Crippen molar-refractivity contribution < 1.29 is 19.4 Å². The molecule has 0 saturated carbocycles. The van der Waals surface area contributed by atoms with E-state index in [0.717, 1.165) is 11.3 Å². The number of ether oxygens (including phenoxy) is 1. The van der Waals surface area contributed by atoms with E-state index in [1.165, 1.54) is 4.90 Å². The van der Waals surface area contributed by atoms with Gasteiger partial charge in [0.25, 0.3) is 0 Å². The number of carbonyl (C=O) groups is 2. The van der Waals surface area contributed by atoms with Crippen LogP contribution in [0.4, 0.5) is 4.79 Å². The van der Waals surface area contributed by atoms with Crippen LogP contribution in [0.5, 0.6) is 5.75 Å². The lowest BCUT2D eigenvalue weighted by Crippen LogP contribution is -2.39. The highest BCUT2D eigenvalue weighted by Gasteiger charge is 2.09. The quantitative estimate of drug-likeness (QED) is 0.765. The van der Waals surface area contributed by atoms with Crippen LogP contribution in [0, 0.1) is 0 Å². The average Bonchev–Trinajstić information content (AvgIpc) is 2.45. The molecule has 116 valence electrons. The van der Waals surface area contributed by atoms with Crippen LogP contribution in [0.15, 0.2) is 24.3 Å². The van der Waals surface area contributed by atoms with Crippen molar-refractivity contribution in [1.29, 1.82) is 0 Å². The van der Waals surface area contributed by atoms with Crippen LogP contribution in [0.1, 0.15) is 18.9 Å². The number of nitrogens with zero attached hydrogens (tertiary/aromatic N) is 1. The first kappa shape index (κ1) is 16.8. The fourth-order valence-electron chi connectivity index (χ4n) is 1.77. The molecular formula is C15H22N2O4. The Morgan fingerprint density at radius 1 is 1.38 bits per heavy atom. The summed E-state index contributed by atoms with van der Waals surface area (Å²) in [6.45, 7) is 3.24. The summed E-state index contributed by atoms with van der Waals surface area (Å²) in [5.41, 5.74) is 1.08. The molecule has 0 aliphatic heterocycles. The zero-order valence-corrected chi connectivity index (χ0v) is 12.5. The van der Waals surface area contributed by atoms with E-state index in [-0.39, 0.29) is 19.0 Å². The summed E-state index contributed by atoms with van der Waals surface area (Å²) in [5, 5.41) is 11.3. The Bertz CT molecular complexity index is 476. The van der Waals surface area contributed by atoms with Gasteiger partial charge in [0.2, 0.25) is 0 Å². The third-order valence-corrected chi connectivity index (χ3v) is 2.91. The fraction of sp³-hybridized carbons (Fsp3) is 0.467. The molecule has 0 unspecified atom stereocenters. The molecule has 1 aromatic rings. The second kappa shape index (κ2) is 8.84. The van der Waals surface area contributed by atoms with Gasteiger partial charge in [-0.2, -0.15) is 0 Å². The summed E-state index contributed by atoms with van der Waals surface area (Å²) in [7, 11) is 1.58. The topological polar surface area (TPSA) is 78.9 Å². The highest BCUT2D eigenvalue weighted by Crippen LogP contribution is 2.13. The van der Waals surface area contributed by atoms with Gasteiger partial charge in [-0.3, -0.25) is 4.79 Å². The molecule has 6 nitrogen and oxygen atoms in total. The number of hydrogen-bond acceptors (Lipinski definition) is 3. The summed E-state index contributed by atoms with van der Waals surface area (Å²) in [4.78, 5) is 23.5. The lowest BCUT2D eigenvalue weighted by atomic mass is 10.1. The zero-order chi connectivity index (χ0) is 15.7. The number of amides is 2. The first-order valence-corrected chi connectivity index (χ1v) is 6.95. The molecule has 0 heterocycles. The SMILES string of the molecule is CCOc1cccc(CCNC(=O)N(C)CCC(=O)O)c1. The molecule has 0 saturated heterocycles. The van der Waals surface area contributed by atoms with Crippen LogP contribution >= 0.6 is 0 Å². The van der Waals surface area contributed by atoms with Crippen LogP contribution in [-0.2, 0) is 11.2 Å². The molecule has 21 heavy (non-hydrogen) atoms. The van der Waals surface area contributed by atoms with Gasteiger partial charge in [-0.05, 0) is 31.0 Å². The largest absolute Gasteiger partial charge is 0.494 e. The van der Waals surface area contributed by atoms with Gasteiger partial charge in [0.1, 0.15) is 5.75 Å². The van der Waals surface area contributed by atoms with Crippen molar-refractivity contribution in [2.45, 2.75) is 19.8 Å². The van der Waals surface area contributed by atoms with Crippen LogP contribution in [0.3, 0.4) is 0 Å². The van der Waals surface area contributed by atoms with Gasteiger partial charge in [-0.25, -0.2) is 4.79 Å². The Labute approximate surface area is 124 Å². The van der Waals surface area contributed by atoms with Crippen molar-refractivity contribution in [3.63, 3.8) is 0 Å². The lowest BCUT2D eigenvalue weighted by Gasteiger charge is -2.16. The predicted molar refractivity (Wildman–Crippen MR) is 79.6 cm³/mol. The van der Waals surface area contributed by atoms with Gasteiger partial charge in [-0.15, -0.1) is 0 Å². The second-order valence-corrected chi connectivity index (χ2v) is 4.63. The molecule has 1 rings (SSSR count). The van der Waals surface area contributed by atoms with E-state index in [4.69, 9.17) is 9.84 Å². The van der Waals surface area contributed by atoms with Gasteiger partial charge in [0.05, 0.1) is 13.0 Å². The van der Waals surface area contributed by atoms with E-state index in [1.807, 2.05) is 31.2 Å².